The van der Waals surface area contributed by atoms with Crippen LogP contribution in [0, 0.1) is 0 Å². The number of nitrogens with zero attached hydrogens (tertiary/aromatic N) is 1. The molecule has 1 saturated heterocycles. The molecule has 0 aliphatic carbocycles. The van der Waals surface area contributed by atoms with Gasteiger partial charge >= 0.3 is 171 Å². The van der Waals surface area contributed by atoms with E-state index in [0.717, 1.165) is 5.57 Å². The summed E-state index contributed by atoms with van der Waals surface area (Å²) in [7, 11) is 0. The average Bonchev–Trinajstić information content (AvgIpc) is 3.05. The van der Waals surface area contributed by atoms with Crippen molar-refractivity contribution >= 4 is 36.4 Å². The van der Waals surface area contributed by atoms with Gasteiger partial charge < -0.3 is 0 Å². The molecule has 0 saturated carbocycles. The van der Waals surface area contributed by atoms with E-state index in [1.807, 2.05) is 43.3 Å². The van der Waals surface area contributed by atoms with Gasteiger partial charge in [-0.25, -0.2) is 0 Å². The Morgan fingerprint density at radius 1 is 1.11 bits per heavy atom. The van der Waals surface area contributed by atoms with E-state index < -0.39 is 26.5 Å². The number of ether oxygens (including phenoxy) is 1. The van der Waals surface area contributed by atoms with Crippen molar-refractivity contribution in [3.63, 3.8) is 0 Å². The van der Waals surface area contributed by atoms with E-state index in [1.165, 1.54) is 3.61 Å². The molecule has 0 spiro atoms. The van der Waals surface area contributed by atoms with Gasteiger partial charge in [-0.2, -0.15) is 0 Å². The first-order chi connectivity index (χ1) is 13.1. The van der Waals surface area contributed by atoms with Crippen LogP contribution in [0.4, 0.5) is 0 Å². The van der Waals surface area contributed by atoms with Crippen molar-refractivity contribution < 1.29 is 14.3 Å². The first-order valence-corrected chi connectivity index (χ1v) is 11.5. The van der Waals surface area contributed by atoms with Gasteiger partial charge in [0.2, 0.25) is 0 Å². The summed E-state index contributed by atoms with van der Waals surface area (Å²) in [6.07, 6.45) is 0.700. The number of carbonyl (C=O) groups excluding carboxylic acids is 2. The molecular weight excluding hydrogens is 454 g/mol. The molecule has 1 heterocycles. The Morgan fingerprint density at radius 3 is 2.37 bits per heavy atom. The predicted molar refractivity (Wildman–Crippen MR) is 107 cm³/mol. The van der Waals surface area contributed by atoms with Crippen molar-refractivity contribution in [3.8, 4) is 0 Å². The molecule has 1 atom stereocenters. The van der Waals surface area contributed by atoms with Crippen LogP contribution in [0.3, 0.4) is 0 Å². The Kier molecular flexibility index (Phi) is 6.36. The quantitative estimate of drug-likeness (QED) is 0.492. The molecule has 3 rings (SSSR count). The fourth-order valence-corrected chi connectivity index (χ4v) is 5.92. The van der Waals surface area contributed by atoms with Crippen LogP contribution in [0.25, 0.3) is 0 Å². The SMILES string of the molecule is CCOC(=O)[C@@]1(C)/C(=C\[Te]c2ccccc2)CCN1C(=O)c1ccccc1. The van der Waals surface area contributed by atoms with Crippen LogP contribution in [-0.2, 0) is 9.53 Å². The van der Waals surface area contributed by atoms with Crippen molar-refractivity contribution in [2.75, 3.05) is 13.2 Å². The minimum atomic E-state index is -1.04. The van der Waals surface area contributed by atoms with Crippen LogP contribution >= 0.6 is 0 Å². The monoisotopic (exact) mass is 479 g/mol. The standard InChI is InChI=1S/C22H23NO3Te/c1-3-26-21(25)22(2)18(16-27-19-12-8-5-9-13-19)14-15-23(22)20(24)17-10-6-4-7-11-17/h4-13,16H,3,14-15H2,1-2H3/b18-16-/t22-/m1/s1. The number of carbonyl (C=O) groups is 2. The summed E-state index contributed by atoms with van der Waals surface area (Å²) in [5.74, 6) is -0.478. The molecule has 4 nitrogen and oxygen atoms in total. The van der Waals surface area contributed by atoms with E-state index >= 15 is 0 Å². The first-order valence-electron chi connectivity index (χ1n) is 9.03. The van der Waals surface area contributed by atoms with Crippen LogP contribution in [0.15, 0.2) is 70.4 Å². The summed E-state index contributed by atoms with van der Waals surface area (Å²) >= 11 is -0.584. The third kappa shape index (κ3) is 4.10. The van der Waals surface area contributed by atoms with Crippen LogP contribution in [0.2, 0.25) is 0 Å². The summed E-state index contributed by atoms with van der Waals surface area (Å²) in [5, 5.41) is 0. The molecule has 140 valence electrons. The van der Waals surface area contributed by atoms with Crippen LogP contribution in [0.1, 0.15) is 30.6 Å². The van der Waals surface area contributed by atoms with Crippen molar-refractivity contribution in [2.24, 2.45) is 0 Å². The molecule has 1 aliphatic heterocycles. The van der Waals surface area contributed by atoms with Crippen molar-refractivity contribution in [1.29, 1.82) is 0 Å². The summed E-state index contributed by atoms with van der Waals surface area (Å²) < 4.78 is 8.87. The van der Waals surface area contributed by atoms with Crippen molar-refractivity contribution in [3.05, 3.63) is 75.9 Å². The second-order valence-corrected chi connectivity index (χ2v) is 9.13. The van der Waals surface area contributed by atoms with Gasteiger partial charge in [-0.05, 0) is 0 Å². The zero-order valence-electron chi connectivity index (χ0n) is 15.6. The zero-order chi connectivity index (χ0) is 19.3. The number of hydrogen-bond acceptors (Lipinski definition) is 3. The third-order valence-corrected chi connectivity index (χ3v) is 7.49. The third-order valence-electron chi connectivity index (χ3n) is 4.79. The normalized spacial score (nSPS) is 20.7. The second-order valence-electron chi connectivity index (χ2n) is 6.44. The number of likely N-dealkylation sites (tertiary alicyclic amines) is 1. The van der Waals surface area contributed by atoms with Gasteiger partial charge in [-0.1, -0.05) is 0 Å². The van der Waals surface area contributed by atoms with E-state index in [9.17, 15) is 9.59 Å². The Hall–Kier alpha value is -2.09. The molecule has 0 N–H and O–H groups in total. The summed E-state index contributed by atoms with van der Waals surface area (Å²) in [6, 6.07) is 19.4. The number of rotatable bonds is 5. The van der Waals surface area contributed by atoms with E-state index in [0.29, 0.717) is 25.1 Å². The number of benzene rings is 2. The molecule has 0 unspecified atom stereocenters. The Bertz CT molecular complexity index is 835. The van der Waals surface area contributed by atoms with Gasteiger partial charge in [0, 0.05) is 0 Å². The van der Waals surface area contributed by atoms with Crippen molar-refractivity contribution in [2.45, 2.75) is 25.8 Å². The summed E-state index contributed by atoms with van der Waals surface area (Å²) in [5.41, 5.74) is 0.549. The predicted octanol–water partition coefficient (Wildman–Crippen LogP) is 2.77. The molecular formula is C22H23NO3Te. The van der Waals surface area contributed by atoms with Crippen LogP contribution in [-0.4, -0.2) is 56.4 Å². The first kappa shape index (κ1) is 19.7. The number of amides is 1. The molecule has 1 aliphatic rings. The number of hydrogen-bond donors (Lipinski definition) is 0. The van der Waals surface area contributed by atoms with Crippen LogP contribution in [0.5, 0.6) is 0 Å². The van der Waals surface area contributed by atoms with E-state index in [2.05, 4.69) is 16.3 Å². The van der Waals surface area contributed by atoms with Gasteiger partial charge in [-0.15, -0.1) is 0 Å². The second kappa shape index (κ2) is 8.73. The number of esters is 1. The molecule has 2 aromatic carbocycles. The Labute approximate surface area is 170 Å². The summed E-state index contributed by atoms with van der Waals surface area (Å²) in [4.78, 5) is 27.7. The van der Waals surface area contributed by atoms with Gasteiger partial charge in [0.25, 0.3) is 0 Å². The van der Waals surface area contributed by atoms with Crippen molar-refractivity contribution in [1.82, 2.24) is 4.90 Å². The van der Waals surface area contributed by atoms with Gasteiger partial charge in [0.1, 0.15) is 0 Å². The maximum absolute atomic E-state index is 13.1. The molecule has 0 bridgehead atoms. The molecule has 2 aromatic rings. The fraction of sp³-hybridized carbons (Fsp3) is 0.273. The Morgan fingerprint density at radius 2 is 1.74 bits per heavy atom. The van der Waals surface area contributed by atoms with E-state index in [-0.39, 0.29) is 11.9 Å². The Balaban J connectivity index is 1.92. The molecule has 0 aromatic heterocycles. The zero-order valence-corrected chi connectivity index (χ0v) is 17.9. The molecule has 27 heavy (non-hydrogen) atoms. The van der Waals surface area contributed by atoms with Gasteiger partial charge in [0.05, 0.1) is 0 Å². The topological polar surface area (TPSA) is 46.6 Å². The van der Waals surface area contributed by atoms with E-state index in [4.69, 9.17) is 4.74 Å². The molecule has 5 heteroatoms. The molecule has 1 fully saturated rings. The average molecular weight is 477 g/mol. The molecule has 0 radical (unpaired) electrons. The minimum absolute atomic E-state index is 0.130. The van der Waals surface area contributed by atoms with Crippen LogP contribution < -0.4 is 3.61 Å². The van der Waals surface area contributed by atoms with Gasteiger partial charge in [0.15, 0.2) is 0 Å². The molecule has 1 amide bonds. The van der Waals surface area contributed by atoms with E-state index in [1.54, 1.807) is 24.0 Å². The maximum atomic E-state index is 13.1. The fourth-order valence-electron chi connectivity index (χ4n) is 3.24. The summed E-state index contributed by atoms with van der Waals surface area (Å²) in [6.45, 7) is 4.44. The van der Waals surface area contributed by atoms with Gasteiger partial charge in [-0.3, -0.25) is 0 Å².